The molecule has 0 aliphatic heterocycles. The molecular formula is C13H6Cl4F3NO. The van der Waals surface area contributed by atoms with Crippen LogP contribution in [0, 0.1) is 6.92 Å². The minimum Gasteiger partial charge on any atom is -0.281 e. The number of alkyl halides is 3. The third-order valence-corrected chi connectivity index (χ3v) is 4.82. The highest BCUT2D eigenvalue weighted by atomic mass is 35.5. The van der Waals surface area contributed by atoms with Crippen molar-refractivity contribution in [3.05, 3.63) is 59.9 Å². The van der Waals surface area contributed by atoms with E-state index in [1.165, 1.54) is 0 Å². The molecule has 1 aromatic carbocycles. The van der Waals surface area contributed by atoms with E-state index in [-0.39, 0.29) is 25.8 Å². The lowest BCUT2D eigenvalue weighted by Crippen LogP contribution is -2.21. The van der Waals surface area contributed by atoms with Crippen LogP contribution in [-0.4, -0.2) is 4.57 Å². The monoisotopic (exact) mass is 389 g/mol. The van der Waals surface area contributed by atoms with Crippen molar-refractivity contribution in [3.8, 4) is 5.69 Å². The molecule has 0 aliphatic carbocycles. The summed E-state index contributed by atoms with van der Waals surface area (Å²) < 4.78 is 38.7. The Labute approximate surface area is 143 Å². The Morgan fingerprint density at radius 3 is 1.91 bits per heavy atom. The summed E-state index contributed by atoms with van der Waals surface area (Å²) in [5, 5.41) is -0.0124. The molecule has 2 aromatic rings. The summed E-state index contributed by atoms with van der Waals surface area (Å²) in [6, 6.07) is 1.17. The number of halogens is 7. The zero-order valence-corrected chi connectivity index (χ0v) is 13.8. The van der Waals surface area contributed by atoms with Crippen LogP contribution in [0.4, 0.5) is 13.2 Å². The minimum atomic E-state index is -4.63. The maximum absolute atomic E-state index is 12.6. The van der Waals surface area contributed by atoms with Crippen LogP contribution in [0.1, 0.15) is 11.1 Å². The molecule has 0 N–H and O–H groups in total. The van der Waals surface area contributed by atoms with Crippen LogP contribution < -0.4 is 5.56 Å². The van der Waals surface area contributed by atoms with Gasteiger partial charge in [-0.05, 0) is 18.6 Å². The highest BCUT2D eigenvalue weighted by molar-refractivity contribution is 6.50. The molecule has 0 saturated carbocycles. The molecule has 0 bridgehead atoms. The fourth-order valence-corrected chi connectivity index (χ4v) is 2.90. The Balaban J connectivity index is 2.77. The first-order valence-corrected chi connectivity index (χ1v) is 7.19. The van der Waals surface area contributed by atoms with Gasteiger partial charge in [0.05, 0.1) is 31.3 Å². The second-order valence-electron chi connectivity index (χ2n) is 4.35. The van der Waals surface area contributed by atoms with Gasteiger partial charge in [-0.3, -0.25) is 9.36 Å². The second-order valence-corrected chi connectivity index (χ2v) is 5.86. The van der Waals surface area contributed by atoms with Gasteiger partial charge in [-0.1, -0.05) is 46.4 Å². The van der Waals surface area contributed by atoms with E-state index in [9.17, 15) is 18.0 Å². The van der Waals surface area contributed by atoms with Crippen molar-refractivity contribution in [2.24, 2.45) is 0 Å². The topological polar surface area (TPSA) is 22.0 Å². The molecule has 0 atom stereocenters. The molecule has 0 spiro atoms. The van der Waals surface area contributed by atoms with E-state index >= 15 is 0 Å². The minimum absolute atomic E-state index is 0.0670. The smallest absolute Gasteiger partial charge is 0.281 e. The number of rotatable bonds is 1. The van der Waals surface area contributed by atoms with Crippen molar-refractivity contribution in [1.29, 1.82) is 0 Å². The molecule has 1 heterocycles. The summed E-state index contributed by atoms with van der Waals surface area (Å²) in [5.41, 5.74) is -1.70. The van der Waals surface area contributed by atoms with E-state index in [1.807, 2.05) is 0 Å². The summed E-state index contributed by atoms with van der Waals surface area (Å²) in [6.07, 6.45) is -3.71. The van der Waals surface area contributed by atoms with Crippen LogP contribution in [-0.2, 0) is 6.18 Å². The van der Waals surface area contributed by atoms with Crippen LogP contribution in [0.5, 0.6) is 0 Å². The Bertz CT molecular complexity index is 785. The Hall–Kier alpha value is -0.880. The second kappa shape index (κ2) is 5.96. The van der Waals surface area contributed by atoms with Gasteiger partial charge >= 0.3 is 6.18 Å². The van der Waals surface area contributed by atoms with Gasteiger partial charge in [0.2, 0.25) is 0 Å². The molecule has 0 saturated heterocycles. The molecule has 1 aromatic heterocycles. The van der Waals surface area contributed by atoms with Crippen molar-refractivity contribution < 1.29 is 13.2 Å². The van der Waals surface area contributed by atoms with Gasteiger partial charge in [0.25, 0.3) is 5.56 Å². The summed E-state index contributed by atoms with van der Waals surface area (Å²) in [4.78, 5) is 12.0. The Morgan fingerprint density at radius 2 is 1.50 bits per heavy atom. The van der Waals surface area contributed by atoms with Crippen molar-refractivity contribution in [3.63, 3.8) is 0 Å². The lowest BCUT2D eigenvalue weighted by molar-refractivity contribution is -0.137. The SMILES string of the molecule is Cc1c(Cl)c(Cl)c(-n2ccc(C(F)(F)F)cc2=O)c(Cl)c1Cl. The molecule has 0 aliphatic rings. The van der Waals surface area contributed by atoms with Gasteiger partial charge in [-0.15, -0.1) is 0 Å². The predicted molar refractivity (Wildman–Crippen MR) is 81.8 cm³/mol. The van der Waals surface area contributed by atoms with Crippen LogP contribution in [0.2, 0.25) is 20.1 Å². The standard InChI is InChI=1S/C13H6Cl4F3NO/c1-5-8(14)10(16)12(11(17)9(5)15)21-3-2-6(4-7(21)22)13(18,19)20/h2-4H,1H3. The number of benzene rings is 1. The summed E-state index contributed by atoms with van der Waals surface area (Å²) in [5.74, 6) is 0. The molecular weight excluding hydrogens is 385 g/mol. The molecule has 0 unspecified atom stereocenters. The van der Waals surface area contributed by atoms with Gasteiger partial charge in [0.15, 0.2) is 0 Å². The van der Waals surface area contributed by atoms with E-state index in [1.54, 1.807) is 6.92 Å². The highest BCUT2D eigenvalue weighted by Crippen LogP contribution is 2.42. The fourth-order valence-electron chi connectivity index (χ4n) is 1.78. The first kappa shape index (κ1) is 17.5. The fraction of sp³-hybridized carbons (Fsp3) is 0.154. The Kier molecular flexibility index (Phi) is 4.74. The number of aromatic nitrogens is 1. The third-order valence-electron chi connectivity index (χ3n) is 2.95. The van der Waals surface area contributed by atoms with Gasteiger partial charge in [-0.25, -0.2) is 0 Å². The van der Waals surface area contributed by atoms with Gasteiger partial charge in [-0.2, -0.15) is 13.2 Å². The van der Waals surface area contributed by atoms with Crippen LogP contribution >= 0.6 is 46.4 Å². The predicted octanol–water partition coefficient (Wildman–Crippen LogP) is 5.78. The number of hydrogen-bond acceptors (Lipinski definition) is 1. The van der Waals surface area contributed by atoms with Crippen LogP contribution in [0.25, 0.3) is 5.69 Å². The summed E-state index contributed by atoms with van der Waals surface area (Å²) >= 11 is 24.1. The third kappa shape index (κ3) is 2.95. The van der Waals surface area contributed by atoms with E-state index < -0.39 is 17.3 Å². The lowest BCUT2D eigenvalue weighted by atomic mass is 10.2. The molecule has 22 heavy (non-hydrogen) atoms. The molecule has 9 heteroatoms. The molecule has 0 amide bonds. The largest absolute Gasteiger partial charge is 0.416 e. The van der Waals surface area contributed by atoms with E-state index in [2.05, 4.69) is 0 Å². The maximum atomic E-state index is 12.6. The van der Waals surface area contributed by atoms with Crippen molar-refractivity contribution in [1.82, 2.24) is 4.57 Å². The molecule has 2 nitrogen and oxygen atoms in total. The normalized spacial score (nSPS) is 11.8. The average Bonchev–Trinajstić information content (AvgIpc) is 2.43. The van der Waals surface area contributed by atoms with E-state index in [0.29, 0.717) is 11.6 Å². The zero-order chi connectivity index (χ0) is 16.8. The number of nitrogens with zero attached hydrogens (tertiary/aromatic N) is 1. The molecule has 118 valence electrons. The van der Waals surface area contributed by atoms with Gasteiger partial charge in [0, 0.05) is 12.3 Å². The maximum Gasteiger partial charge on any atom is 0.416 e. The summed E-state index contributed by atoms with van der Waals surface area (Å²) in [6.45, 7) is 1.57. The number of pyridine rings is 1. The van der Waals surface area contributed by atoms with Crippen molar-refractivity contribution >= 4 is 46.4 Å². The van der Waals surface area contributed by atoms with Gasteiger partial charge < -0.3 is 0 Å². The number of hydrogen-bond donors (Lipinski definition) is 0. The van der Waals surface area contributed by atoms with Crippen molar-refractivity contribution in [2.75, 3.05) is 0 Å². The molecule has 0 radical (unpaired) electrons. The quantitative estimate of drug-likeness (QED) is 0.566. The van der Waals surface area contributed by atoms with E-state index in [4.69, 9.17) is 46.4 Å². The zero-order valence-electron chi connectivity index (χ0n) is 10.7. The molecule has 2 rings (SSSR count). The van der Waals surface area contributed by atoms with Gasteiger partial charge in [0.1, 0.15) is 0 Å². The van der Waals surface area contributed by atoms with Crippen LogP contribution in [0.3, 0.4) is 0 Å². The Morgan fingerprint density at radius 1 is 1.00 bits per heavy atom. The summed E-state index contributed by atoms with van der Waals surface area (Å²) in [7, 11) is 0. The first-order chi connectivity index (χ1) is 10.1. The average molecular weight is 391 g/mol. The first-order valence-electron chi connectivity index (χ1n) is 5.68. The van der Waals surface area contributed by atoms with Crippen LogP contribution in [0.15, 0.2) is 23.1 Å². The van der Waals surface area contributed by atoms with E-state index in [0.717, 1.165) is 16.8 Å². The lowest BCUT2D eigenvalue weighted by Gasteiger charge is -2.16. The highest BCUT2D eigenvalue weighted by Gasteiger charge is 2.31. The molecule has 0 fully saturated rings. The van der Waals surface area contributed by atoms with Crippen molar-refractivity contribution in [2.45, 2.75) is 13.1 Å².